The number of para-hydroxylation sites is 1. The number of nitriles is 2. The first-order valence-corrected chi connectivity index (χ1v) is 6.41. The molecular formula is C15H8N4OS. The van der Waals surface area contributed by atoms with Crippen LogP contribution in [0.3, 0.4) is 0 Å². The summed E-state index contributed by atoms with van der Waals surface area (Å²) in [5, 5.41) is 19.5. The SMILES string of the molecule is N#Cc1c(N)[nH]c(=S)c(C#N)c1-c1cc2ccccc2o1. The van der Waals surface area contributed by atoms with Crippen molar-refractivity contribution in [1.82, 2.24) is 4.98 Å². The molecule has 0 atom stereocenters. The van der Waals surface area contributed by atoms with Crippen molar-refractivity contribution in [2.45, 2.75) is 0 Å². The van der Waals surface area contributed by atoms with Gasteiger partial charge >= 0.3 is 0 Å². The van der Waals surface area contributed by atoms with Crippen molar-refractivity contribution in [1.29, 1.82) is 10.5 Å². The number of nitrogens with one attached hydrogen (secondary N) is 1. The van der Waals surface area contributed by atoms with Gasteiger partial charge in [-0.25, -0.2) is 0 Å². The number of rotatable bonds is 1. The van der Waals surface area contributed by atoms with Gasteiger partial charge in [-0.05, 0) is 12.1 Å². The number of nitrogen functional groups attached to an aromatic ring is 1. The van der Waals surface area contributed by atoms with E-state index in [0.717, 1.165) is 5.39 Å². The topological polar surface area (TPSA) is 103 Å². The summed E-state index contributed by atoms with van der Waals surface area (Å²) in [6.07, 6.45) is 0. The van der Waals surface area contributed by atoms with E-state index in [9.17, 15) is 10.5 Å². The van der Waals surface area contributed by atoms with Crippen molar-refractivity contribution in [3.63, 3.8) is 0 Å². The van der Waals surface area contributed by atoms with E-state index in [1.54, 1.807) is 6.07 Å². The molecule has 2 aromatic heterocycles. The molecule has 6 heteroatoms. The van der Waals surface area contributed by atoms with Gasteiger partial charge in [-0.1, -0.05) is 30.4 Å². The number of nitrogens with zero attached hydrogens (tertiary/aromatic N) is 2. The molecular weight excluding hydrogens is 284 g/mol. The Hall–Kier alpha value is -3.09. The van der Waals surface area contributed by atoms with Crippen LogP contribution >= 0.6 is 12.2 Å². The van der Waals surface area contributed by atoms with E-state index in [1.807, 2.05) is 36.4 Å². The summed E-state index contributed by atoms with van der Waals surface area (Å²) >= 11 is 5.11. The number of aromatic nitrogens is 1. The van der Waals surface area contributed by atoms with E-state index < -0.39 is 0 Å². The predicted molar refractivity (Wildman–Crippen MR) is 80.7 cm³/mol. The van der Waals surface area contributed by atoms with Gasteiger partial charge in [0.15, 0.2) is 0 Å². The highest BCUT2D eigenvalue weighted by molar-refractivity contribution is 7.71. The molecule has 0 spiro atoms. The molecule has 0 saturated carbocycles. The minimum Gasteiger partial charge on any atom is -0.456 e. The highest BCUT2D eigenvalue weighted by atomic mass is 32.1. The normalized spacial score (nSPS) is 10.2. The van der Waals surface area contributed by atoms with Crippen LogP contribution in [-0.4, -0.2) is 4.98 Å². The second-order valence-corrected chi connectivity index (χ2v) is 4.77. The fraction of sp³-hybridized carbons (Fsp3) is 0. The third kappa shape index (κ3) is 1.95. The second kappa shape index (κ2) is 4.78. The van der Waals surface area contributed by atoms with Crippen molar-refractivity contribution in [2.75, 3.05) is 5.73 Å². The molecule has 0 amide bonds. The minimum atomic E-state index is 0.122. The molecule has 3 N–H and O–H groups in total. The van der Waals surface area contributed by atoms with Gasteiger partial charge in [0.2, 0.25) is 0 Å². The molecule has 0 fully saturated rings. The Balaban J connectivity index is 2.44. The Morgan fingerprint density at radius 1 is 1.14 bits per heavy atom. The Labute approximate surface area is 124 Å². The van der Waals surface area contributed by atoms with Crippen LogP contribution in [0.15, 0.2) is 34.7 Å². The highest BCUT2D eigenvalue weighted by Gasteiger charge is 2.19. The van der Waals surface area contributed by atoms with Crippen LogP contribution in [0.2, 0.25) is 0 Å². The summed E-state index contributed by atoms with van der Waals surface area (Å²) in [7, 11) is 0. The third-order valence-electron chi connectivity index (χ3n) is 3.14. The molecule has 3 rings (SSSR count). The van der Waals surface area contributed by atoms with Gasteiger partial charge in [0.25, 0.3) is 0 Å². The van der Waals surface area contributed by atoms with Crippen molar-refractivity contribution >= 4 is 29.0 Å². The summed E-state index contributed by atoms with van der Waals surface area (Å²) in [5.41, 5.74) is 7.12. The fourth-order valence-corrected chi connectivity index (χ4v) is 2.45. The largest absolute Gasteiger partial charge is 0.456 e. The first-order chi connectivity index (χ1) is 10.2. The Morgan fingerprint density at radius 2 is 1.86 bits per heavy atom. The number of H-pyrrole nitrogens is 1. The number of fused-ring (bicyclic) bond motifs is 1. The highest BCUT2D eigenvalue weighted by Crippen LogP contribution is 2.34. The third-order valence-corrected chi connectivity index (χ3v) is 3.45. The van der Waals surface area contributed by atoms with Crippen LogP contribution in [0, 0.1) is 27.3 Å². The molecule has 0 unspecified atom stereocenters. The Morgan fingerprint density at radius 3 is 2.52 bits per heavy atom. The van der Waals surface area contributed by atoms with Gasteiger partial charge in [-0.2, -0.15) is 10.5 Å². The lowest BCUT2D eigenvalue weighted by atomic mass is 10.0. The van der Waals surface area contributed by atoms with Gasteiger partial charge in [0.1, 0.15) is 39.5 Å². The maximum absolute atomic E-state index is 9.32. The van der Waals surface area contributed by atoms with E-state index in [-0.39, 0.29) is 21.6 Å². The fourth-order valence-electron chi connectivity index (χ4n) is 2.19. The van der Waals surface area contributed by atoms with Crippen LogP contribution in [0.1, 0.15) is 11.1 Å². The van der Waals surface area contributed by atoms with E-state index in [0.29, 0.717) is 16.9 Å². The lowest BCUT2D eigenvalue weighted by Gasteiger charge is -2.06. The lowest BCUT2D eigenvalue weighted by Crippen LogP contribution is -2.01. The van der Waals surface area contributed by atoms with E-state index in [1.165, 1.54) is 0 Å². The summed E-state index contributed by atoms with van der Waals surface area (Å²) in [5.74, 6) is 0.521. The quantitative estimate of drug-likeness (QED) is 0.668. The average molecular weight is 292 g/mol. The number of aromatic amines is 1. The number of anilines is 1. The molecule has 100 valence electrons. The summed E-state index contributed by atoms with van der Waals surface area (Å²) in [6.45, 7) is 0. The van der Waals surface area contributed by atoms with Crippen molar-refractivity contribution in [3.05, 3.63) is 46.1 Å². The first-order valence-electron chi connectivity index (χ1n) is 6.00. The number of nitrogens with two attached hydrogens (primary N) is 1. The zero-order chi connectivity index (χ0) is 15.0. The van der Waals surface area contributed by atoms with Crippen LogP contribution in [0.5, 0.6) is 0 Å². The van der Waals surface area contributed by atoms with Crippen LogP contribution < -0.4 is 5.73 Å². The smallest absolute Gasteiger partial charge is 0.138 e. The molecule has 0 bridgehead atoms. The molecule has 21 heavy (non-hydrogen) atoms. The van der Waals surface area contributed by atoms with Crippen LogP contribution in [-0.2, 0) is 0 Å². The maximum atomic E-state index is 9.32. The van der Waals surface area contributed by atoms with E-state index >= 15 is 0 Å². The van der Waals surface area contributed by atoms with Gasteiger partial charge in [0, 0.05) is 5.39 Å². The number of hydrogen-bond donors (Lipinski definition) is 2. The van der Waals surface area contributed by atoms with Gasteiger partial charge in [0.05, 0.1) is 11.1 Å². The average Bonchev–Trinajstić information content (AvgIpc) is 2.90. The summed E-state index contributed by atoms with van der Waals surface area (Å²) in [6, 6.07) is 13.2. The van der Waals surface area contributed by atoms with E-state index in [2.05, 4.69) is 4.98 Å². The van der Waals surface area contributed by atoms with Gasteiger partial charge in [-0.3, -0.25) is 0 Å². The molecule has 1 aromatic carbocycles. The number of benzene rings is 1. The van der Waals surface area contributed by atoms with E-state index in [4.69, 9.17) is 22.4 Å². The zero-order valence-corrected chi connectivity index (χ0v) is 11.5. The molecule has 0 radical (unpaired) electrons. The lowest BCUT2D eigenvalue weighted by molar-refractivity contribution is 0.631. The predicted octanol–water partition coefficient (Wildman–Crippen LogP) is 3.48. The molecule has 0 aliphatic carbocycles. The van der Waals surface area contributed by atoms with Crippen molar-refractivity contribution in [2.24, 2.45) is 0 Å². The van der Waals surface area contributed by atoms with Gasteiger partial charge < -0.3 is 15.1 Å². The monoisotopic (exact) mass is 292 g/mol. The van der Waals surface area contributed by atoms with Crippen molar-refractivity contribution < 1.29 is 4.42 Å². The zero-order valence-electron chi connectivity index (χ0n) is 10.7. The molecule has 0 saturated heterocycles. The molecule has 2 heterocycles. The minimum absolute atomic E-state index is 0.122. The molecule has 3 aromatic rings. The molecule has 5 nitrogen and oxygen atoms in total. The molecule has 0 aliphatic rings. The standard InChI is InChI=1S/C15H8N4OS/c16-6-9-13(10(7-17)15(21)19-14(9)18)12-5-8-3-1-2-4-11(8)20-12/h1-5H,(H3,18,19,21). The summed E-state index contributed by atoms with van der Waals surface area (Å²) in [4.78, 5) is 2.66. The number of hydrogen-bond acceptors (Lipinski definition) is 5. The van der Waals surface area contributed by atoms with Gasteiger partial charge in [-0.15, -0.1) is 0 Å². The number of pyridine rings is 1. The second-order valence-electron chi connectivity index (χ2n) is 4.36. The van der Waals surface area contributed by atoms with Crippen LogP contribution in [0.25, 0.3) is 22.3 Å². The van der Waals surface area contributed by atoms with Crippen molar-refractivity contribution in [3.8, 4) is 23.5 Å². The van der Waals surface area contributed by atoms with Crippen LogP contribution in [0.4, 0.5) is 5.82 Å². The summed E-state index contributed by atoms with van der Waals surface area (Å²) < 4.78 is 5.92. The molecule has 0 aliphatic heterocycles. The Bertz CT molecular complexity index is 968. The maximum Gasteiger partial charge on any atom is 0.138 e. The first kappa shape index (κ1) is 12.9. The Kier molecular flexibility index (Phi) is 2.94. The number of furan rings is 1.